The van der Waals surface area contributed by atoms with Crippen molar-refractivity contribution in [1.29, 1.82) is 0 Å². The summed E-state index contributed by atoms with van der Waals surface area (Å²) >= 11 is 0. The zero-order valence-electron chi connectivity index (χ0n) is 12.4. The van der Waals surface area contributed by atoms with Crippen molar-refractivity contribution in [2.45, 2.75) is 59.2 Å². The van der Waals surface area contributed by atoms with E-state index in [9.17, 15) is 0 Å². The Labute approximate surface area is 107 Å². The number of ether oxygens (including phenoxy) is 1. The molecule has 1 aliphatic rings. The number of hydrogen-bond acceptors (Lipinski definition) is 3. The molecule has 1 rings (SSSR count). The highest BCUT2D eigenvalue weighted by molar-refractivity contribution is 4.94. The van der Waals surface area contributed by atoms with Crippen molar-refractivity contribution in [3.63, 3.8) is 0 Å². The minimum atomic E-state index is 0.214. The first-order valence-electron chi connectivity index (χ1n) is 6.96. The first kappa shape index (κ1) is 14.9. The maximum atomic E-state index is 5.66. The molecule has 0 aromatic heterocycles. The van der Waals surface area contributed by atoms with Gasteiger partial charge in [0.15, 0.2) is 0 Å². The molecule has 17 heavy (non-hydrogen) atoms. The van der Waals surface area contributed by atoms with E-state index in [0.717, 1.165) is 26.3 Å². The fraction of sp³-hybridized carbons (Fsp3) is 1.00. The molecule has 2 atom stereocenters. The maximum Gasteiger partial charge on any atom is 0.0624 e. The third kappa shape index (κ3) is 4.23. The second-order valence-electron chi connectivity index (χ2n) is 6.26. The van der Waals surface area contributed by atoms with Gasteiger partial charge in [0.1, 0.15) is 0 Å². The molecule has 2 unspecified atom stereocenters. The maximum absolute atomic E-state index is 5.66. The van der Waals surface area contributed by atoms with Crippen LogP contribution in [0.2, 0.25) is 0 Å². The number of piperazine rings is 1. The Morgan fingerprint density at radius 1 is 1.41 bits per heavy atom. The van der Waals surface area contributed by atoms with Gasteiger partial charge in [0.2, 0.25) is 0 Å². The van der Waals surface area contributed by atoms with Gasteiger partial charge in [-0.05, 0) is 33.6 Å². The highest BCUT2D eigenvalue weighted by Crippen LogP contribution is 2.21. The van der Waals surface area contributed by atoms with Gasteiger partial charge in [-0.25, -0.2) is 0 Å². The summed E-state index contributed by atoms with van der Waals surface area (Å²) in [5.74, 6) is 0.637. The summed E-state index contributed by atoms with van der Waals surface area (Å²) in [5, 5.41) is 3.61. The fourth-order valence-corrected chi connectivity index (χ4v) is 2.56. The fourth-order valence-electron chi connectivity index (χ4n) is 2.56. The van der Waals surface area contributed by atoms with E-state index in [0.29, 0.717) is 18.0 Å². The standard InChI is InChI=1S/C14H30N2O/c1-7-17-9-13(11(2)3)16-10-14(5,6)15-8-12(16)4/h11-13,15H,7-10H2,1-6H3. The van der Waals surface area contributed by atoms with Gasteiger partial charge in [-0.3, -0.25) is 4.90 Å². The Bertz CT molecular complexity index is 228. The van der Waals surface area contributed by atoms with Crippen molar-refractivity contribution in [2.75, 3.05) is 26.3 Å². The molecule has 1 fully saturated rings. The topological polar surface area (TPSA) is 24.5 Å². The van der Waals surface area contributed by atoms with Crippen molar-refractivity contribution in [2.24, 2.45) is 5.92 Å². The van der Waals surface area contributed by atoms with E-state index in [1.165, 1.54) is 0 Å². The van der Waals surface area contributed by atoms with Crippen molar-refractivity contribution in [3.8, 4) is 0 Å². The van der Waals surface area contributed by atoms with Gasteiger partial charge < -0.3 is 10.1 Å². The summed E-state index contributed by atoms with van der Waals surface area (Å²) < 4.78 is 5.66. The van der Waals surface area contributed by atoms with E-state index in [-0.39, 0.29) is 5.54 Å². The Balaban J connectivity index is 2.69. The predicted molar refractivity (Wildman–Crippen MR) is 73.4 cm³/mol. The molecule has 102 valence electrons. The van der Waals surface area contributed by atoms with Crippen molar-refractivity contribution in [3.05, 3.63) is 0 Å². The second kappa shape index (κ2) is 6.17. The second-order valence-corrected chi connectivity index (χ2v) is 6.26. The lowest BCUT2D eigenvalue weighted by Crippen LogP contribution is -2.64. The third-order valence-electron chi connectivity index (χ3n) is 3.71. The van der Waals surface area contributed by atoms with Gasteiger partial charge >= 0.3 is 0 Å². The largest absolute Gasteiger partial charge is 0.380 e. The molecule has 0 bridgehead atoms. The van der Waals surface area contributed by atoms with Crippen molar-refractivity contribution < 1.29 is 4.74 Å². The Kier molecular flexibility index (Phi) is 5.42. The van der Waals surface area contributed by atoms with Crippen LogP contribution in [0.15, 0.2) is 0 Å². The van der Waals surface area contributed by atoms with Crippen LogP contribution in [0.3, 0.4) is 0 Å². The molecule has 1 saturated heterocycles. The molecule has 0 amide bonds. The SMILES string of the molecule is CCOCC(C(C)C)N1CC(C)(C)NCC1C. The molecule has 1 aliphatic heterocycles. The van der Waals surface area contributed by atoms with Crippen LogP contribution in [0.4, 0.5) is 0 Å². The number of nitrogens with one attached hydrogen (secondary N) is 1. The van der Waals surface area contributed by atoms with Crippen LogP contribution in [-0.2, 0) is 4.74 Å². The number of nitrogens with zero attached hydrogens (tertiary/aromatic N) is 1. The summed E-state index contributed by atoms with van der Waals surface area (Å²) in [6.07, 6.45) is 0. The third-order valence-corrected chi connectivity index (χ3v) is 3.71. The van der Waals surface area contributed by atoms with Crippen molar-refractivity contribution in [1.82, 2.24) is 10.2 Å². The Hall–Kier alpha value is -0.120. The highest BCUT2D eigenvalue weighted by atomic mass is 16.5. The zero-order valence-corrected chi connectivity index (χ0v) is 12.4. The summed E-state index contributed by atoms with van der Waals surface area (Å²) in [6.45, 7) is 17.4. The first-order chi connectivity index (χ1) is 7.87. The minimum absolute atomic E-state index is 0.214. The summed E-state index contributed by atoms with van der Waals surface area (Å²) in [7, 11) is 0. The molecule has 0 aliphatic carbocycles. The zero-order chi connectivity index (χ0) is 13.1. The molecule has 0 spiro atoms. The smallest absolute Gasteiger partial charge is 0.0624 e. The minimum Gasteiger partial charge on any atom is -0.380 e. The van der Waals surface area contributed by atoms with Gasteiger partial charge in [-0.1, -0.05) is 13.8 Å². The predicted octanol–water partition coefficient (Wildman–Crippen LogP) is 2.12. The molecule has 3 nitrogen and oxygen atoms in total. The average Bonchev–Trinajstić information content (AvgIpc) is 2.23. The number of rotatable bonds is 5. The Morgan fingerprint density at radius 2 is 2.06 bits per heavy atom. The van der Waals surface area contributed by atoms with Gasteiger partial charge in [0.25, 0.3) is 0 Å². The van der Waals surface area contributed by atoms with Crippen LogP contribution in [-0.4, -0.2) is 48.8 Å². The molecule has 0 saturated carbocycles. The van der Waals surface area contributed by atoms with Gasteiger partial charge in [-0.15, -0.1) is 0 Å². The van der Waals surface area contributed by atoms with Crippen LogP contribution in [0.1, 0.15) is 41.5 Å². The lowest BCUT2D eigenvalue weighted by Gasteiger charge is -2.48. The van der Waals surface area contributed by atoms with Gasteiger partial charge in [0, 0.05) is 37.3 Å². The highest BCUT2D eigenvalue weighted by Gasteiger charge is 2.35. The lowest BCUT2D eigenvalue weighted by atomic mass is 9.94. The van der Waals surface area contributed by atoms with E-state index >= 15 is 0 Å². The van der Waals surface area contributed by atoms with Crippen LogP contribution < -0.4 is 5.32 Å². The lowest BCUT2D eigenvalue weighted by molar-refractivity contribution is -0.00683. The van der Waals surface area contributed by atoms with Crippen molar-refractivity contribution >= 4 is 0 Å². The van der Waals surface area contributed by atoms with Crippen LogP contribution in [0.5, 0.6) is 0 Å². The van der Waals surface area contributed by atoms with E-state index in [1.807, 2.05) is 0 Å². The summed E-state index contributed by atoms with van der Waals surface area (Å²) in [5.41, 5.74) is 0.214. The van der Waals surface area contributed by atoms with Crippen LogP contribution >= 0.6 is 0 Å². The summed E-state index contributed by atoms with van der Waals surface area (Å²) in [6, 6.07) is 1.13. The first-order valence-corrected chi connectivity index (χ1v) is 6.96. The van der Waals surface area contributed by atoms with E-state index in [4.69, 9.17) is 4.74 Å². The van der Waals surface area contributed by atoms with Crippen LogP contribution in [0.25, 0.3) is 0 Å². The quantitative estimate of drug-likeness (QED) is 0.799. The van der Waals surface area contributed by atoms with Crippen LogP contribution in [0, 0.1) is 5.92 Å². The molecular formula is C14H30N2O. The van der Waals surface area contributed by atoms with E-state index in [2.05, 4.69) is 51.8 Å². The molecule has 0 radical (unpaired) electrons. The Morgan fingerprint density at radius 3 is 2.59 bits per heavy atom. The monoisotopic (exact) mass is 242 g/mol. The molecule has 3 heteroatoms. The normalized spacial score (nSPS) is 27.4. The average molecular weight is 242 g/mol. The van der Waals surface area contributed by atoms with E-state index in [1.54, 1.807) is 0 Å². The van der Waals surface area contributed by atoms with E-state index < -0.39 is 0 Å². The molecule has 0 aromatic carbocycles. The number of hydrogen-bond donors (Lipinski definition) is 1. The van der Waals surface area contributed by atoms with Gasteiger partial charge in [0.05, 0.1) is 6.61 Å². The summed E-state index contributed by atoms with van der Waals surface area (Å²) in [4.78, 5) is 2.62. The molecule has 1 heterocycles. The van der Waals surface area contributed by atoms with Gasteiger partial charge in [-0.2, -0.15) is 0 Å². The molecular weight excluding hydrogens is 212 g/mol. The molecule has 1 N–H and O–H groups in total. The molecule has 0 aromatic rings.